The molecule has 0 spiro atoms. The van der Waals surface area contributed by atoms with Crippen LogP contribution in [-0.2, 0) is 14.4 Å². The third-order valence-corrected chi connectivity index (χ3v) is 2.60. The summed E-state index contributed by atoms with van der Waals surface area (Å²) in [6, 6.07) is -1.90. The van der Waals surface area contributed by atoms with Crippen molar-refractivity contribution in [1.82, 2.24) is 5.32 Å². The molecule has 0 rings (SSSR count). The summed E-state index contributed by atoms with van der Waals surface area (Å²) in [5, 5.41) is 11.1. The van der Waals surface area contributed by atoms with Gasteiger partial charge < -0.3 is 0 Å². The van der Waals surface area contributed by atoms with Crippen molar-refractivity contribution in [2.24, 2.45) is 11.5 Å². The summed E-state index contributed by atoms with van der Waals surface area (Å²) in [6.07, 6.45) is 0.0978. The first kappa shape index (κ1) is 14.9. The van der Waals surface area contributed by atoms with Gasteiger partial charge in [0.05, 0.1) is 0 Å². The number of carbonyl (C=O) groups excluding carboxylic acids is 2. The van der Waals surface area contributed by atoms with Crippen molar-refractivity contribution in [2.45, 2.75) is 30.2 Å². The Kier molecular flexibility index (Phi) is 6.71. The van der Waals surface area contributed by atoms with E-state index in [9.17, 15) is 14.4 Å². The molecule has 0 aliphatic heterocycles. The number of primary amides is 1. The van der Waals surface area contributed by atoms with Gasteiger partial charge in [0.25, 0.3) is 0 Å². The minimum absolute atomic E-state index is 0.00544. The number of carboxylic acid groups (broad SMARTS) is 1. The van der Waals surface area contributed by atoms with E-state index in [0.717, 1.165) is 0 Å². The van der Waals surface area contributed by atoms with Crippen LogP contribution in [0.1, 0.15) is 12.8 Å². The second-order valence-electron chi connectivity index (χ2n) is 3.19. The van der Waals surface area contributed by atoms with Gasteiger partial charge >= 0.3 is 100 Å². The van der Waals surface area contributed by atoms with E-state index in [-0.39, 0.29) is 18.2 Å². The number of carbonyl (C=O) groups is 3. The Balaban J connectivity index is 4.13. The monoisotopic (exact) mass is 297 g/mol. The van der Waals surface area contributed by atoms with E-state index in [1.807, 2.05) is 0 Å². The fraction of sp³-hybridized carbons (Fsp3) is 0.625. The third kappa shape index (κ3) is 5.69. The Hall–Kier alpha value is -1.11. The fourth-order valence-corrected chi connectivity index (χ4v) is 1.41. The predicted molar refractivity (Wildman–Crippen MR) is 57.9 cm³/mol. The standard InChI is InChI=1S/C8H15N3O4Se/c9-4(1-2-6(10)12)7(13)11-5(3-16)8(14)15/h4-5,16H,1-3,9H2,(H2,10,12)(H,11,13)(H,14,15)/t4-,5-/m0/s1. The van der Waals surface area contributed by atoms with Crippen LogP contribution in [0.2, 0.25) is 5.32 Å². The van der Waals surface area contributed by atoms with Gasteiger partial charge in [0.1, 0.15) is 0 Å². The molecule has 0 aromatic carbocycles. The summed E-state index contributed by atoms with van der Waals surface area (Å²) in [5.74, 6) is -2.28. The molecular weight excluding hydrogens is 281 g/mol. The van der Waals surface area contributed by atoms with E-state index >= 15 is 0 Å². The normalized spacial score (nSPS) is 13.9. The molecule has 92 valence electrons. The molecule has 0 bridgehead atoms. The molecule has 0 radical (unpaired) electrons. The Morgan fingerprint density at radius 2 is 1.94 bits per heavy atom. The summed E-state index contributed by atoms with van der Waals surface area (Å²) in [7, 11) is 0. The number of hydrogen-bond donors (Lipinski definition) is 4. The van der Waals surface area contributed by atoms with Gasteiger partial charge in [-0.2, -0.15) is 0 Å². The molecule has 0 aromatic rings. The second kappa shape index (κ2) is 7.21. The molecule has 16 heavy (non-hydrogen) atoms. The molecule has 0 heterocycles. The Bertz CT molecular complexity index is 284. The fourth-order valence-electron chi connectivity index (χ4n) is 0.893. The summed E-state index contributed by atoms with van der Waals surface area (Å²) in [4.78, 5) is 32.4. The molecule has 8 heteroatoms. The van der Waals surface area contributed by atoms with Crippen LogP contribution in [0.4, 0.5) is 0 Å². The number of nitrogens with one attached hydrogen (secondary N) is 1. The van der Waals surface area contributed by atoms with Gasteiger partial charge in [0.2, 0.25) is 0 Å². The SMILES string of the molecule is NC(=O)CC[C@H](N)C(=O)N[C@@H](C[SeH])C(=O)O. The molecule has 0 fully saturated rings. The molecule has 0 saturated heterocycles. The van der Waals surface area contributed by atoms with Crippen LogP contribution in [0.15, 0.2) is 0 Å². The zero-order valence-corrected chi connectivity index (χ0v) is 10.4. The topological polar surface area (TPSA) is 136 Å². The molecular formula is C8H15N3O4Se. The molecule has 0 saturated carbocycles. The van der Waals surface area contributed by atoms with Crippen molar-refractivity contribution in [1.29, 1.82) is 0 Å². The van der Waals surface area contributed by atoms with Crippen LogP contribution >= 0.6 is 0 Å². The van der Waals surface area contributed by atoms with Crippen LogP contribution in [0, 0.1) is 0 Å². The number of nitrogens with two attached hydrogens (primary N) is 2. The molecule has 2 atom stereocenters. The predicted octanol–water partition coefficient (Wildman–Crippen LogP) is -2.53. The molecule has 2 amide bonds. The van der Waals surface area contributed by atoms with E-state index in [1.54, 1.807) is 0 Å². The average molecular weight is 296 g/mol. The number of rotatable bonds is 7. The Morgan fingerprint density at radius 1 is 1.38 bits per heavy atom. The summed E-state index contributed by atoms with van der Waals surface area (Å²) in [5.41, 5.74) is 10.3. The van der Waals surface area contributed by atoms with Crippen molar-refractivity contribution >= 4 is 33.8 Å². The van der Waals surface area contributed by atoms with Crippen LogP contribution < -0.4 is 16.8 Å². The van der Waals surface area contributed by atoms with Gasteiger partial charge in [-0.3, -0.25) is 0 Å². The first-order valence-corrected chi connectivity index (χ1v) is 5.89. The van der Waals surface area contributed by atoms with Crippen LogP contribution in [0.25, 0.3) is 0 Å². The number of carboxylic acids is 1. The van der Waals surface area contributed by atoms with Gasteiger partial charge in [-0.1, -0.05) is 0 Å². The van der Waals surface area contributed by atoms with Crippen LogP contribution in [0.5, 0.6) is 0 Å². The van der Waals surface area contributed by atoms with Crippen LogP contribution in [-0.4, -0.2) is 51.0 Å². The minimum atomic E-state index is -1.13. The Morgan fingerprint density at radius 3 is 2.31 bits per heavy atom. The van der Waals surface area contributed by atoms with E-state index in [1.165, 1.54) is 0 Å². The first-order valence-electron chi connectivity index (χ1n) is 4.56. The first-order chi connectivity index (χ1) is 7.38. The van der Waals surface area contributed by atoms with Crippen molar-refractivity contribution in [3.05, 3.63) is 0 Å². The Labute approximate surface area is 101 Å². The van der Waals surface area contributed by atoms with Gasteiger partial charge in [0.15, 0.2) is 0 Å². The van der Waals surface area contributed by atoms with Crippen molar-refractivity contribution in [2.75, 3.05) is 0 Å². The van der Waals surface area contributed by atoms with Crippen molar-refractivity contribution in [3.63, 3.8) is 0 Å². The quantitative estimate of drug-likeness (QED) is 0.384. The van der Waals surface area contributed by atoms with E-state index in [2.05, 4.69) is 21.3 Å². The zero-order chi connectivity index (χ0) is 12.7. The zero-order valence-electron chi connectivity index (χ0n) is 8.55. The maximum atomic E-state index is 11.4. The molecule has 7 nitrogen and oxygen atoms in total. The summed E-state index contributed by atoms with van der Waals surface area (Å²) in [6.45, 7) is 0. The molecule has 0 unspecified atom stereocenters. The molecule has 0 aromatic heterocycles. The molecule has 0 aliphatic rings. The molecule has 6 N–H and O–H groups in total. The molecule has 0 aliphatic carbocycles. The number of aliphatic carboxylic acids is 1. The maximum absolute atomic E-state index is 11.4. The average Bonchev–Trinajstić information content (AvgIpc) is 2.21. The second-order valence-corrected chi connectivity index (χ2v) is 3.96. The van der Waals surface area contributed by atoms with Gasteiger partial charge in [-0.05, 0) is 0 Å². The van der Waals surface area contributed by atoms with E-state index < -0.39 is 29.9 Å². The van der Waals surface area contributed by atoms with E-state index in [4.69, 9.17) is 16.6 Å². The van der Waals surface area contributed by atoms with Gasteiger partial charge in [-0.15, -0.1) is 0 Å². The van der Waals surface area contributed by atoms with Gasteiger partial charge in [0, 0.05) is 0 Å². The van der Waals surface area contributed by atoms with Crippen molar-refractivity contribution < 1.29 is 19.5 Å². The summed E-state index contributed by atoms with van der Waals surface area (Å²) < 4.78 is 0. The third-order valence-electron chi connectivity index (χ3n) is 1.84. The van der Waals surface area contributed by atoms with Crippen molar-refractivity contribution in [3.8, 4) is 0 Å². The van der Waals surface area contributed by atoms with E-state index in [0.29, 0.717) is 0 Å². The number of hydrogen-bond acceptors (Lipinski definition) is 4. The number of amides is 2. The van der Waals surface area contributed by atoms with Gasteiger partial charge in [-0.25, -0.2) is 0 Å². The summed E-state index contributed by atoms with van der Waals surface area (Å²) >= 11 is 2.07. The van der Waals surface area contributed by atoms with Crippen LogP contribution in [0.3, 0.4) is 0 Å².